The molecule has 0 radical (unpaired) electrons. The first kappa shape index (κ1) is 18.1. The minimum atomic E-state index is -0.630. The van der Waals surface area contributed by atoms with Gasteiger partial charge < -0.3 is 9.64 Å². The maximum absolute atomic E-state index is 13.0. The highest BCUT2D eigenvalue weighted by Gasteiger charge is 2.17. The number of benzene rings is 2. The van der Waals surface area contributed by atoms with Crippen molar-refractivity contribution >= 4 is 23.6 Å². The van der Waals surface area contributed by atoms with Gasteiger partial charge in [-0.25, -0.2) is 4.39 Å². The fraction of sp³-hybridized carbons (Fsp3) is 0.176. The summed E-state index contributed by atoms with van der Waals surface area (Å²) in [6.45, 7) is 1.72. The number of hydrogen-bond acceptors (Lipinski definition) is 5. The number of nitro groups is 1. The second kappa shape index (κ2) is 8.00. The predicted molar refractivity (Wildman–Crippen MR) is 88.4 cm³/mol. The van der Waals surface area contributed by atoms with Crippen LogP contribution in [0.15, 0.2) is 42.5 Å². The largest absolute Gasteiger partial charge is 0.483 e. The van der Waals surface area contributed by atoms with Gasteiger partial charge >= 0.3 is 0 Å². The number of aldehydes is 1. The molecule has 0 bridgehead atoms. The Bertz CT molecular complexity index is 792. The summed E-state index contributed by atoms with van der Waals surface area (Å²) in [5, 5.41) is 10.7. The SMILES string of the molecule is CCN(C(=O)COc1ccc([N+](=O)[O-])cc1C=O)c1ccc(F)cc1. The summed E-state index contributed by atoms with van der Waals surface area (Å²) in [5.41, 5.74) is 0.242. The number of rotatable bonds is 7. The van der Waals surface area contributed by atoms with E-state index in [-0.39, 0.29) is 23.6 Å². The molecule has 0 atom stereocenters. The highest BCUT2D eigenvalue weighted by Crippen LogP contribution is 2.23. The zero-order chi connectivity index (χ0) is 18.4. The monoisotopic (exact) mass is 346 g/mol. The van der Waals surface area contributed by atoms with E-state index in [0.717, 1.165) is 6.07 Å². The summed E-state index contributed by atoms with van der Waals surface area (Å²) in [6.07, 6.45) is 0.421. The molecule has 0 aliphatic carbocycles. The molecule has 0 N–H and O–H groups in total. The van der Waals surface area contributed by atoms with Gasteiger partial charge in [0.1, 0.15) is 11.6 Å². The average Bonchev–Trinajstić information content (AvgIpc) is 2.61. The highest BCUT2D eigenvalue weighted by molar-refractivity contribution is 5.94. The molecule has 8 heteroatoms. The lowest BCUT2D eigenvalue weighted by atomic mass is 10.2. The number of non-ortho nitro benzene ring substituents is 1. The Labute approximate surface area is 142 Å². The Balaban J connectivity index is 2.11. The van der Waals surface area contributed by atoms with Crippen LogP contribution >= 0.6 is 0 Å². The van der Waals surface area contributed by atoms with Gasteiger partial charge in [0.15, 0.2) is 12.9 Å². The van der Waals surface area contributed by atoms with Gasteiger partial charge in [-0.15, -0.1) is 0 Å². The number of likely N-dealkylation sites (N-methyl/N-ethyl adjacent to an activating group) is 1. The lowest BCUT2D eigenvalue weighted by Gasteiger charge is -2.21. The summed E-state index contributed by atoms with van der Waals surface area (Å²) < 4.78 is 18.3. The molecule has 0 aliphatic heterocycles. The molecule has 2 rings (SSSR count). The highest BCUT2D eigenvalue weighted by atomic mass is 19.1. The van der Waals surface area contributed by atoms with E-state index in [4.69, 9.17) is 4.74 Å². The van der Waals surface area contributed by atoms with E-state index in [1.54, 1.807) is 6.92 Å². The summed E-state index contributed by atoms with van der Waals surface area (Å²) in [6, 6.07) is 8.96. The first-order chi connectivity index (χ1) is 12.0. The normalized spacial score (nSPS) is 10.2. The zero-order valence-corrected chi connectivity index (χ0v) is 13.3. The Morgan fingerprint density at radius 2 is 1.96 bits per heavy atom. The van der Waals surface area contributed by atoms with Crippen molar-refractivity contribution in [2.45, 2.75) is 6.92 Å². The molecular weight excluding hydrogens is 331 g/mol. The van der Waals surface area contributed by atoms with E-state index in [2.05, 4.69) is 0 Å². The quantitative estimate of drug-likeness (QED) is 0.437. The fourth-order valence-corrected chi connectivity index (χ4v) is 2.21. The number of nitrogens with zero attached hydrogens (tertiary/aromatic N) is 2. The predicted octanol–water partition coefficient (Wildman–Crippen LogP) is 2.98. The van der Waals surface area contributed by atoms with E-state index in [1.807, 2.05) is 0 Å². The van der Waals surface area contributed by atoms with Crippen molar-refractivity contribution in [1.82, 2.24) is 0 Å². The van der Waals surface area contributed by atoms with Gasteiger partial charge in [0, 0.05) is 24.4 Å². The van der Waals surface area contributed by atoms with E-state index in [0.29, 0.717) is 18.5 Å². The van der Waals surface area contributed by atoms with Crippen LogP contribution in [-0.4, -0.2) is 30.3 Å². The molecule has 25 heavy (non-hydrogen) atoms. The molecule has 130 valence electrons. The maximum Gasteiger partial charge on any atom is 0.270 e. The van der Waals surface area contributed by atoms with Gasteiger partial charge in [0.25, 0.3) is 11.6 Å². The zero-order valence-electron chi connectivity index (χ0n) is 13.3. The van der Waals surface area contributed by atoms with Gasteiger partial charge in [-0.1, -0.05) is 0 Å². The van der Waals surface area contributed by atoms with Crippen LogP contribution in [0.3, 0.4) is 0 Å². The molecule has 1 amide bonds. The lowest BCUT2D eigenvalue weighted by Crippen LogP contribution is -2.34. The third-order valence-corrected chi connectivity index (χ3v) is 3.44. The van der Waals surface area contributed by atoms with Crippen LogP contribution in [0.5, 0.6) is 5.75 Å². The van der Waals surface area contributed by atoms with Crippen molar-refractivity contribution in [3.05, 3.63) is 64.0 Å². The van der Waals surface area contributed by atoms with Crippen molar-refractivity contribution in [3.8, 4) is 5.75 Å². The third kappa shape index (κ3) is 4.37. The Morgan fingerprint density at radius 1 is 1.28 bits per heavy atom. The van der Waals surface area contributed by atoms with Crippen LogP contribution in [0.1, 0.15) is 17.3 Å². The molecule has 7 nitrogen and oxygen atoms in total. The Hall–Kier alpha value is -3.29. The minimum absolute atomic E-state index is 0.0215. The molecule has 0 aromatic heterocycles. The summed E-state index contributed by atoms with van der Waals surface area (Å²) in [7, 11) is 0. The average molecular weight is 346 g/mol. The van der Waals surface area contributed by atoms with E-state index >= 15 is 0 Å². The second-order valence-electron chi connectivity index (χ2n) is 5.00. The number of ether oxygens (including phenoxy) is 1. The number of carbonyl (C=O) groups excluding carboxylic acids is 2. The number of carbonyl (C=O) groups is 2. The van der Waals surface area contributed by atoms with Crippen molar-refractivity contribution in [3.63, 3.8) is 0 Å². The lowest BCUT2D eigenvalue weighted by molar-refractivity contribution is -0.384. The number of amides is 1. The first-order valence-corrected chi connectivity index (χ1v) is 7.38. The van der Waals surface area contributed by atoms with Crippen molar-refractivity contribution < 1.29 is 23.6 Å². The maximum atomic E-state index is 13.0. The third-order valence-electron chi connectivity index (χ3n) is 3.44. The topological polar surface area (TPSA) is 89.8 Å². The van der Waals surface area contributed by atoms with Gasteiger partial charge in [-0.05, 0) is 37.3 Å². The van der Waals surface area contributed by atoms with Crippen LogP contribution in [0, 0.1) is 15.9 Å². The number of halogens is 1. The van der Waals surface area contributed by atoms with Crippen LogP contribution < -0.4 is 9.64 Å². The molecular formula is C17H15FN2O5. The molecule has 0 saturated heterocycles. The molecule has 0 fully saturated rings. The number of nitro benzene ring substituents is 1. The molecule has 0 heterocycles. The van der Waals surface area contributed by atoms with Crippen molar-refractivity contribution in [2.24, 2.45) is 0 Å². The minimum Gasteiger partial charge on any atom is -0.483 e. The molecule has 2 aromatic rings. The van der Waals surface area contributed by atoms with Crippen LogP contribution in [0.2, 0.25) is 0 Å². The number of anilines is 1. The molecule has 2 aromatic carbocycles. The summed E-state index contributed by atoms with van der Waals surface area (Å²) in [5.74, 6) is -0.738. The molecule has 0 saturated carbocycles. The summed E-state index contributed by atoms with van der Waals surface area (Å²) in [4.78, 5) is 34.9. The van der Waals surface area contributed by atoms with Crippen LogP contribution in [0.4, 0.5) is 15.8 Å². The molecule has 0 spiro atoms. The Morgan fingerprint density at radius 3 is 2.52 bits per heavy atom. The first-order valence-electron chi connectivity index (χ1n) is 7.38. The van der Waals surface area contributed by atoms with E-state index in [1.165, 1.54) is 41.3 Å². The van der Waals surface area contributed by atoms with E-state index < -0.39 is 16.6 Å². The molecule has 0 unspecified atom stereocenters. The Kier molecular flexibility index (Phi) is 5.78. The second-order valence-corrected chi connectivity index (χ2v) is 5.00. The van der Waals surface area contributed by atoms with Gasteiger partial charge in [0.2, 0.25) is 0 Å². The smallest absolute Gasteiger partial charge is 0.270 e. The summed E-state index contributed by atoms with van der Waals surface area (Å²) >= 11 is 0. The van der Waals surface area contributed by atoms with Crippen LogP contribution in [0.25, 0.3) is 0 Å². The number of hydrogen-bond donors (Lipinski definition) is 0. The van der Waals surface area contributed by atoms with Crippen molar-refractivity contribution in [2.75, 3.05) is 18.1 Å². The van der Waals surface area contributed by atoms with Crippen LogP contribution in [-0.2, 0) is 4.79 Å². The van der Waals surface area contributed by atoms with Gasteiger partial charge in [0.05, 0.1) is 10.5 Å². The van der Waals surface area contributed by atoms with E-state index in [9.17, 15) is 24.1 Å². The van der Waals surface area contributed by atoms with Gasteiger partial charge in [-0.2, -0.15) is 0 Å². The fourth-order valence-electron chi connectivity index (χ4n) is 2.21. The standard InChI is InChI=1S/C17H15FN2O5/c1-2-19(14-5-3-13(18)4-6-14)17(22)11-25-16-8-7-15(20(23)24)9-12(16)10-21/h3-10H,2,11H2,1H3. The van der Waals surface area contributed by atoms with Gasteiger partial charge in [-0.3, -0.25) is 19.7 Å². The molecule has 0 aliphatic rings. The van der Waals surface area contributed by atoms with Crippen molar-refractivity contribution in [1.29, 1.82) is 0 Å².